The van der Waals surface area contributed by atoms with Crippen LogP contribution in [0.25, 0.3) is 0 Å². The molecule has 0 saturated carbocycles. The van der Waals surface area contributed by atoms with E-state index in [1.54, 1.807) is 11.8 Å². The zero-order valence-electron chi connectivity index (χ0n) is 11.4. The van der Waals surface area contributed by atoms with Gasteiger partial charge in [-0.1, -0.05) is 5.16 Å². The molecule has 1 aromatic heterocycles. The molecule has 1 N–H and O–H groups in total. The predicted molar refractivity (Wildman–Crippen MR) is 73.9 cm³/mol. The first kappa shape index (κ1) is 14.3. The molecule has 0 bridgehead atoms. The van der Waals surface area contributed by atoms with Gasteiger partial charge >= 0.3 is 0 Å². The third-order valence-electron chi connectivity index (χ3n) is 3.06. The Morgan fingerprint density at radius 3 is 3.21 bits per heavy atom. The van der Waals surface area contributed by atoms with Gasteiger partial charge in [-0.15, -0.1) is 0 Å². The zero-order chi connectivity index (χ0) is 13.7. The molecule has 1 aromatic rings. The quantitative estimate of drug-likeness (QED) is 0.857. The Kier molecular flexibility index (Phi) is 5.21. The van der Waals surface area contributed by atoms with Crippen molar-refractivity contribution < 1.29 is 9.32 Å². The van der Waals surface area contributed by atoms with Crippen LogP contribution in [-0.4, -0.2) is 52.9 Å². The molecule has 0 radical (unpaired) electrons. The van der Waals surface area contributed by atoms with Crippen LogP contribution in [0, 0.1) is 0 Å². The standard InChI is InChI=1S/C12H20N4O2S/c1-9-7-16(6-5-13-9)12(17)4-3-11-14-10(8-19-2)15-18-11/h9,13H,3-8H2,1-2H3/t9-/m1/s1. The average Bonchev–Trinajstić information content (AvgIpc) is 2.84. The van der Waals surface area contributed by atoms with Gasteiger partial charge in [0.05, 0.1) is 5.75 Å². The highest BCUT2D eigenvalue weighted by Gasteiger charge is 2.20. The molecule has 0 aliphatic carbocycles. The van der Waals surface area contributed by atoms with Crippen LogP contribution < -0.4 is 5.32 Å². The van der Waals surface area contributed by atoms with Gasteiger partial charge in [0.15, 0.2) is 5.82 Å². The van der Waals surface area contributed by atoms with E-state index in [4.69, 9.17) is 4.52 Å². The van der Waals surface area contributed by atoms with Crippen molar-refractivity contribution >= 4 is 17.7 Å². The first-order valence-electron chi connectivity index (χ1n) is 6.50. The fraction of sp³-hybridized carbons (Fsp3) is 0.750. The normalized spacial score (nSPS) is 19.7. The second-order valence-electron chi connectivity index (χ2n) is 4.73. The molecule has 1 amide bonds. The summed E-state index contributed by atoms with van der Waals surface area (Å²) in [6, 6.07) is 0.370. The van der Waals surface area contributed by atoms with E-state index in [2.05, 4.69) is 22.4 Å². The molecule has 0 unspecified atom stereocenters. The molecule has 19 heavy (non-hydrogen) atoms. The molecular weight excluding hydrogens is 264 g/mol. The summed E-state index contributed by atoms with van der Waals surface area (Å²) in [4.78, 5) is 18.2. The van der Waals surface area contributed by atoms with Crippen molar-refractivity contribution in [3.8, 4) is 0 Å². The van der Waals surface area contributed by atoms with Crippen molar-refractivity contribution in [3.05, 3.63) is 11.7 Å². The molecule has 1 atom stereocenters. The summed E-state index contributed by atoms with van der Waals surface area (Å²) >= 11 is 1.65. The second kappa shape index (κ2) is 6.91. The fourth-order valence-corrected chi connectivity index (χ4v) is 2.49. The maximum atomic E-state index is 12.1. The summed E-state index contributed by atoms with van der Waals surface area (Å²) < 4.78 is 5.12. The van der Waals surface area contributed by atoms with Gasteiger partial charge in [-0.25, -0.2) is 0 Å². The molecule has 1 aliphatic rings. The summed E-state index contributed by atoms with van der Waals surface area (Å²) in [7, 11) is 0. The SMILES string of the molecule is CSCc1noc(CCC(=O)N2CCN[C@H](C)C2)n1. The number of nitrogens with one attached hydrogen (secondary N) is 1. The largest absolute Gasteiger partial charge is 0.340 e. The Bertz CT molecular complexity index is 424. The first-order valence-corrected chi connectivity index (χ1v) is 7.90. The van der Waals surface area contributed by atoms with Crippen molar-refractivity contribution in [1.82, 2.24) is 20.4 Å². The third-order valence-corrected chi connectivity index (χ3v) is 3.60. The summed E-state index contributed by atoms with van der Waals surface area (Å²) in [5.74, 6) is 2.16. The molecule has 1 fully saturated rings. The monoisotopic (exact) mass is 284 g/mol. The zero-order valence-corrected chi connectivity index (χ0v) is 12.2. The lowest BCUT2D eigenvalue weighted by Gasteiger charge is -2.31. The number of hydrogen-bond acceptors (Lipinski definition) is 6. The predicted octanol–water partition coefficient (Wildman–Crippen LogP) is 0.685. The number of aryl methyl sites for hydroxylation is 1. The van der Waals surface area contributed by atoms with Crippen LogP contribution >= 0.6 is 11.8 Å². The average molecular weight is 284 g/mol. The first-order chi connectivity index (χ1) is 9.19. The summed E-state index contributed by atoms with van der Waals surface area (Å²) in [6.45, 7) is 4.52. The van der Waals surface area contributed by atoms with E-state index in [0.29, 0.717) is 30.6 Å². The number of carbonyl (C=O) groups is 1. The number of nitrogens with zero attached hydrogens (tertiary/aromatic N) is 3. The van der Waals surface area contributed by atoms with Crippen molar-refractivity contribution in [3.63, 3.8) is 0 Å². The number of aromatic nitrogens is 2. The van der Waals surface area contributed by atoms with Crippen LogP contribution in [0.4, 0.5) is 0 Å². The van der Waals surface area contributed by atoms with Crippen molar-refractivity contribution in [2.75, 3.05) is 25.9 Å². The van der Waals surface area contributed by atoms with Gasteiger partial charge in [0.2, 0.25) is 11.8 Å². The fourth-order valence-electron chi connectivity index (χ4n) is 2.11. The molecule has 7 heteroatoms. The highest BCUT2D eigenvalue weighted by Crippen LogP contribution is 2.08. The van der Waals surface area contributed by atoms with E-state index in [-0.39, 0.29) is 5.91 Å². The van der Waals surface area contributed by atoms with Crippen LogP contribution in [0.3, 0.4) is 0 Å². The smallest absolute Gasteiger partial charge is 0.227 e. The minimum absolute atomic E-state index is 0.165. The maximum Gasteiger partial charge on any atom is 0.227 e. The van der Waals surface area contributed by atoms with Crippen LogP contribution in [0.5, 0.6) is 0 Å². The Morgan fingerprint density at radius 2 is 2.47 bits per heavy atom. The van der Waals surface area contributed by atoms with Crippen LogP contribution in [0.15, 0.2) is 4.52 Å². The molecule has 106 valence electrons. The van der Waals surface area contributed by atoms with E-state index in [0.717, 1.165) is 25.4 Å². The van der Waals surface area contributed by atoms with Crippen LogP contribution in [0.1, 0.15) is 25.1 Å². The van der Waals surface area contributed by atoms with Crippen molar-refractivity contribution in [1.29, 1.82) is 0 Å². The summed E-state index contributed by atoms with van der Waals surface area (Å²) in [5.41, 5.74) is 0. The Hall–Kier alpha value is -1.08. The minimum atomic E-state index is 0.165. The molecule has 1 saturated heterocycles. The van der Waals surface area contributed by atoms with Gasteiger partial charge in [-0.05, 0) is 13.2 Å². The third kappa shape index (κ3) is 4.21. The molecule has 2 heterocycles. The summed E-state index contributed by atoms with van der Waals surface area (Å²) in [5, 5.41) is 7.19. The topological polar surface area (TPSA) is 71.3 Å². The van der Waals surface area contributed by atoms with E-state index in [1.807, 2.05) is 11.2 Å². The molecule has 1 aliphatic heterocycles. The van der Waals surface area contributed by atoms with Crippen LogP contribution in [0.2, 0.25) is 0 Å². The Labute approximate surface area is 117 Å². The number of thioether (sulfide) groups is 1. The molecule has 6 nitrogen and oxygen atoms in total. The van der Waals surface area contributed by atoms with Gasteiger partial charge in [-0.2, -0.15) is 16.7 Å². The minimum Gasteiger partial charge on any atom is -0.340 e. The van der Waals surface area contributed by atoms with Gasteiger partial charge in [0, 0.05) is 38.5 Å². The second-order valence-corrected chi connectivity index (χ2v) is 5.60. The van der Waals surface area contributed by atoms with E-state index < -0.39 is 0 Å². The van der Waals surface area contributed by atoms with E-state index in [9.17, 15) is 4.79 Å². The summed E-state index contributed by atoms with van der Waals surface area (Å²) in [6.07, 6.45) is 2.96. The number of piperazine rings is 1. The highest BCUT2D eigenvalue weighted by molar-refractivity contribution is 7.97. The van der Waals surface area contributed by atoms with Crippen molar-refractivity contribution in [2.45, 2.75) is 31.6 Å². The van der Waals surface area contributed by atoms with Gasteiger partial charge in [0.25, 0.3) is 0 Å². The number of hydrogen-bond donors (Lipinski definition) is 1. The van der Waals surface area contributed by atoms with E-state index >= 15 is 0 Å². The lowest BCUT2D eigenvalue weighted by atomic mass is 10.2. The van der Waals surface area contributed by atoms with Gasteiger partial charge < -0.3 is 14.7 Å². The lowest BCUT2D eigenvalue weighted by Crippen LogP contribution is -2.51. The molecule has 2 rings (SSSR count). The lowest BCUT2D eigenvalue weighted by molar-refractivity contribution is -0.132. The van der Waals surface area contributed by atoms with Crippen molar-refractivity contribution in [2.24, 2.45) is 0 Å². The Balaban J connectivity index is 1.79. The van der Waals surface area contributed by atoms with E-state index in [1.165, 1.54) is 0 Å². The number of carbonyl (C=O) groups excluding carboxylic acids is 1. The van der Waals surface area contributed by atoms with Crippen LogP contribution in [-0.2, 0) is 17.0 Å². The number of amides is 1. The number of rotatable bonds is 5. The van der Waals surface area contributed by atoms with Gasteiger partial charge in [0.1, 0.15) is 0 Å². The molecular formula is C12H20N4O2S. The highest BCUT2D eigenvalue weighted by atomic mass is 32.2. The molecule has 0 spiro atoms. The maximum absolute atomic E-state index is 12.1. The van der Waals surface area contributed by atoms with Gasteiger partial charge in [-0.3, -0.25) is 4.79 Å². The Morgan fingerprint density at radius 1 is 1.63 bits per heavy atom. The molecule has 0 aromatic carbocycles.